The lowest BCUT2D eigenvalue weighted by Crippen LogP contribution is -2.44. The topological polar surface area (TPSA) is 50.8 Å². The number of para-hydroxylation sites is 2. The zero-order chi connectivity index (χ0) is 20.8. The maximum atomic E-state index is 12.8. The molecule has 5 nitrogen and oxygen atoms in total. The average Bonchev–Trinajstić information content (AvgIpc) is 2.77. The van der Waals surface area contributed by atoms with Crippen LogP contribution in [-0.2, 0) is 11.3 Å². The molecule has 1 amide bonds. The molecule has 0 radical (unpaired) electrons. The number of carbonyl (C=O) groups is 1. The minimum absolute atomic E-state index is 0.0368. The van der Waals surface area contributed by atoms with Gasteiger partial charge in [-0.3, -0.25) is 4.79 Å². The van der Waals surface area contributed by atoms with Crippen molar-refractivity contribution in [1.82, 2.24) is 0 Å². The summed E-state index contributed by atoms with van der Waals surface area (Å²) in [5.74, 6) is 1.61. The monoisotopic (exact) mass is 402 g/mol. The van der Waals surface area contributed by atoms with Gasteiger partial charge in [0.25, 0.3) is 0 Å². The lowest BCUT2D eigenvalue weighted by molar-refractivity contribution is -0.116. The number of ether oxygens (including phenoxy) is 2. The summed E-state index contributed by atoms with van der Waals surface area (Å²) in [6, 6.07) is 25.7. The van der Waals surface area contributed by atoms with Crippen molar-refractivity contribution in [2.24, 2.45) is 0 Å². The van der Waals surface area contributed by atoms with Crippen LogP contribution in [0.25, 0.3) is 0 Å². The summed E-state index contributed by atoms with van der Waals surface area (Å²) in [5, 5.41) is 2.99. The van der Waals surface area contributed by atoms with Gasteiger partial charge >= 0.3 is 0 Å². The van der Waals surface area contributed by atoms with Crippen LogP contribution in [0.4, 0.5) is 11.4 Å². The number of hydrogen-bond donors (Lipinski definition) is 1. The van der Waals surface area contributed by atoms with Crippen LogP contribution in [0.1, 0.15) is 18.9 Å². The highest BCUT2D eigenvalue weighted by Crippen LogP contribution is 2.35. The maximum absolute atomic E-state index is 12.8. The molecule has 1 aliphatic rings. The first-order chi connectivity index (χ1) is 14.7. The van der Waals surface area contributed by atoms with E-state index in [1.54, 1.807) is 0 Å². The smallest absolute Gasteiger partial charge is 0.226 e. The molecule has 0 aromatic heterocycles. The molecule has 4 rings (SSSR count). The molecule has 30 heavy (non-hydrogen) atoms. The number of carbonyl (C=O) groups excluding carboxylic acids is 1. The molecule has 0 saturated heterocycles. The van der Waals surface area contributed by atoms with E-state index in [2.05, 4.69) is 28.4 Å². The Bertz CT molecular complexity index is 973. The van der Waals surface area contributed by atoms with Crippen molar-refractivity contribution in [2.75, 3.05) is 23.4 Å². The largest absolute Gasteiger partial charge is 0.494 e. The molecule has 1 aliphatic heterocycles. The molecule has 0 unspecified atom stereocenters. The molecule has 0 aliphatic carbocycles. The Labute approximate surface area is 177 Å². The van der Waals surface area contributed by atoms with E-state index in [9.17, 15) is 4.79 Å². The minimum Gasteiger partial charge on any atom is -0.494 e. The Kier molecular flexibility index (Phi) is 6.18. The number of amides is 1. The second-order valence-electron chi connectivity index (χ2n) is 7.26. The molecular weight excluding hydrogens is 376 g/mol. The number of rotatable bonds is 7. The Hall–Kier alpha value is -3.47. The van der Waals surface area contributed by atoms with Crippen LogP contribution in [0.3, 0.4) is 0 Å². The first-order valence-corrected chi connectivity index (χ1v) is 10.3. The molecule has 0 fully saturated rings. The van der Waals surface area contributed by atoms with Gasteiger partial charge in [-0.15, -0.1) is 0 Å². The van der Waals surface area contributed by atoms with Crippen molar-refractivity contribution in [3.63, 3.8) is 0 Å². The summed E-state index contributed by atoms with van der Waals surface area (Å²) >= 11 is 0. The summed E-state index contributed by atoms with van der Waals surface area (Å²) < 4.78 is 11.4. The normalized spacial score (nSPS) is 15.1. The fourth-order valence-electron chi connectivity index (χ4n) is 3.68. The highest BCUT2D eigenvalue weighted by atomic mass is 16.5. The third kappa shape index (κ3) is 4.74. The first-order valence-electron chi connectivity index (χ1n) is 10.3. The van der Waals surface area contributed by atoms with Crippen molar-refractivity contribution >= 4 is 17.3 Å². The minimum atomic E-state index is -0.0530. The third-order valence-corrected chi connectivity index (χ3v) is 5.11. The molecular formula is C25H26N2O3. The lowest BCUT2D eigenvalue weighted by atomic mass is 10.1. The lowest BCUT2D eigenvalue weighted by Gasteiger charge is -2.38. The SMILES string of the molecule is CCOc1ccc(NC(=O)C[C@H]2COc3ccccc3N2Cc2ccccc2)cc1. The molecule has 5 heteroatoms. The van der Waals surface area contributed by atoms with Crippen molar-refractivity contribution in [3.05, 3.63) is 84.4 Å². The van der Waals surface area contributed by atoms with E-state index in [4.69, 9.17) is 9.47 Å². The van der Waals surface area contributed by atoms with Crippen LogP contribution in [-0.4, -0.2) is 25.2 Å². The van der Waals surface area contributed by atoms with Gasteiger partial charge in [0.15, 0.2) is 0 Å². The third-order valence-electron chi connectivity index (χ3n) is 5.11. The van der Waals surface area contributed by atoms with E-state index >= 15 is 0 Å². The summed E-state index contributed by atoms with van der Waals surface area (Å²) in [5.41, 5.74) is 2.98. The van der Waals surface area contributed by atoms with Gasteiger partial charge < -0.3 is 19.7 Å². The van der Waals surface area contributed by atoms with Crippen LogP contribution < -0.4 is 19.7 Å². The average molecular weight is 402 g/mol. The van der Waals surface area contributed by atoms with E-state index in [0.717, 1.165) is 29.4 Å². The molecule has 0 saturated carbocycles. The van der Waals surface area contributed by atoms with Gasteiger partial charge in [0.1, 0.15) is 18.1 Å². The maximum Gasteiger partial charge on any atom is 0.226 e. The van der Waals surface area contributed by atoms with E-state index in [0.29, 0.717) is 19.6 Å². The summed E-state index contributed by atoms with van der Waals surface area (Å²) in [7, 11) is 0. The van der Waals surface area contributed by atoms with Crippen molar-refractivity contribution in [3.8, 4) is 11.5 Å². The zero-order valence-corrected chi connectivity index (χ0v) is 17.1. The number of anilines is 2. The van der Waals surface area contributed by atoms with Gasteiger partial charge in [0.05, 0.1) is 24.8 Å². The Balaban J connectivity index is 1.48. The summed E-state index contributed by atoms with van der Waals surface area (Å²) in [4.78, 5) is 15.0. The molecule has 3 aromatic rings. The molecule has 0 spiro atoms. The fourth-order valence-corrected chi connectivity index (χ4v) is 3.68. The van der Waals surface area contributed by atoms with Crippen molar-refractivity contribution < 1.29 is 14.3 Å². The zero-order valence-electron chi connectivity index (χ0n) is 17.1. The van der Waals surface area contributed by atoms with E-state index in [1.165, 1.54) is 5.56 Å². The Morgan fingerprint density at radius 3 is 2.53 bits per heavy atom. The molecule has 154 valence electrons. The Morgan fingerprint density at radius 1 is 1.03 bits per heavy atom. The Morgan fingerprint density at radius 2 is 1.77 bits per heavy atom. The number of benzene rings is 3. The molecule has 3 aromatic carbocycles. The summed E-state index contributed by atoms with van der Waals surface area (Å²) in [6.45, 7) is 3.76. The van der Waals surface area contributed by atoms with Gasteiger partial charge in [-0.1, -0.05) is 42.5 Å². The molecule has 1 atom stereocenters. The van der Waals surface area contributed by atoms with Crippen molar-refractivity contribution in [2.45, 2.75) is 25.9 Å². The van der Waals surface area contributed by atoms with Gasteiger partial charge in [-0.2, -0.15) is 0 Å². The number of hydrogen-bond acceptors (Lipinski definition) is 4. The van der Waals surface area contributed by atoms with Crippen LogP contribution in [0, 0.1) is 0 Å². The van der Waals surface area contributed by atoms with Crippen LogP contribution >= 0.6 is 0 Å². The second kappa shape index (κ2) is 9.35. The quantitative estimate of drug-likeness (QED) is 0.612. The first kappa shape index (κ1) is 19.8. The van der Waals surface area contributed by atoms with E-state index in [1.807, 2.05) is 67.6 Å². The van der Waals surface area contributed by atoms with Crippen molar-refractivity contribution in [1.29, 1.82) is 0 Å². The predicted octanol–water partition coefficient (Wildman–Crippen LogP) is 4.88. The molecule has 0 bridgehead atoms. The van der Waals surface area contributed by atoms with Crippen LogP contribution in [0.15, 0.2) is 78.9 Å². The predicted molar refractivity (Wildman–Crippen MR) is 119 cm³/mol. The molecule has 1 N–H and O–H groups in total. The van der Waals surface area contributed by atoms with E-state index < -0.39 is 0 Å². The number of nitrogens with one attached hydrogen (secondary N) is 1. The highest BCUT2D eigenvalue weighted by Gasteiger charge is 2.29. The number of fused-ring (bicyclic) bond motifs is 1. The van der Waals surface area contributed by atoms with E-state index in [-0.39, 0.29) is 11.9 Å². The fraction of sp³-hybridized carbons (Fsp3) is 0.240. The van der Waals surface area contributed by atoms with Gasteiger partial charge in [0.2, 0.25) is 5.91 Å². The second-order valence-corrected chi connectivity index (χ2v) is 7.26. The van der Waals surface area contributed by atoms with Gasteiger partial charge in [-0.25, -0.2) is 0 Å². The highest BCUT2D eigenvalue weighted by molar-refractivity contribution is 5.91. The standard InChI is InChI=1S/C25H26N2O3/c1-2-29-22-14-12-20(13-15-22)26-25(28)16-21-18-30-24-11-7-6-10-23(24)27(21)17-19-8-4-3-5-9-19/h3-15,21H,2,16-18H2,1H3,(H,26,28)/t21-/m0/s1. The van der Waals surface area contributed by atoms with Gasteiger partial charge in [-0.05, 0) is 48.9 Å². The molecule has 1 heterocycles. The van der Waals surface area contributed by atoms with Gasteiger partial charge in [0, 0.05) is 12.2 Å². The number of nitrogens with zero attached hydrogens (tertiary/aromatic N) is 1. The summed E-state index contributed by atoms with van der Waals surface area (Å²) in [6.07, 6.45) is 0.342. The van der Waals surface area contributed by atoms with Crippen LogP contribution in [0.2, 0.25) is 0 Å². The van der Waals surface area contributed by atoms with Crippen LogP contribution in [0.5, 0.6) is 11.5 Å².